The van der Waals surface area contributed by atoms with Crippen LogP contribution in [0.1, 0.15) is 114 Å². The number of rotatable bonds is 21. The average molecular weight is 1170 g/mol. The zero-order valence-electron chi connectivity index (χ0n) is 48.3. The van der Waals surface area contributed by atoms with E-state index in [4.69, 9.17) is 56.8 Å². The molecule has 1 amide bonds. The first kappa shape index (κ1) is 63.7. The SMILES string of the molecule is COC(CO[C@@H](O[C@H]1C[C@H]2OC[C@@]2(OC(C)=O)[C@H]2[C@H](OC(=O)c3ccccc3)[C@]3(OC(C)=O)C[C@H](OC(=O)[C@H](O)[C@@H](NC(=O)c4ccccc4)c4ccccc4)C(C)=C([C@@H](OC(C)=O)C(=O)[C@]12C)C3(C)C)C(OC(C)=O)OC(C)=O)OC(C)=O. The van der Waals surface area contributed by atoms with Gasteiger partial charge in [0.25, 0.3) is 12.2 Å². The fraction of sp³-hybridized carbons (Fsp3) is 0.500. The molecule has 4 aliphatic rings. The number of esters is 8. The summed E-state index contributed by atoms with van der Waals surface area (Å²) in [6.45, 7) is 10.8. The van der Waals surface area contributed by atoms with Crippen LogP contribution in [0.15, 0.2) is 102 Å². The smallest absolute Gasteiger partial charge is 0.338 e. The van der Waals surface area contributed by atoms with Crippen LogP contribution in [0.25, 0.3) is 0 Å². The van der Waals surface area contributed by atoms with Crippen molar-refractivity contribution >= 4 is 59.4 Å². The predicted octanol–water partition coefficient (Wildman–Crippen LogP) is 4.66. The van der Waals surface area contributed by atoms with Gasteiger partial charge in [0.05, 0.1) is 35.6 Å². The van der Waals surface area contributed by atoms with E-state index in [-0.39, 0.29) is 27.8 Å². The molecule has 2 N–H and O–H groups in total. The summed E-state index contributed by atoms with van der Waals surface area (Å²) in [6.07, 6.45) is -17.9. The van der Waals surface area contributed by atoms with Crippen molar-refractivity contribution in [1.82, 2.24) is 5.32 Å². The van der Waals surface area contributed by atoms with Crippen LogP contribution in [0.4, 0.5) is 0 Å². The number of nitrogens with one attached hydrogen (secondary N) is 1. The van der Waals surface area contributed by atoms with Crippen molar-refractivity contribution in [3.05, 3.63) is 119 Å². The zero-order chi connectivity index (χ0) is 61.6. The first-order valence-corrected chi connectivity index (χ1v) is 26.9. The normalized spacial score (nSPS) is 27.1. The van der Waals surface area contributed by atoms with Gasteiger partial charge >= 0.3 is 47.8 Å². The molecule has 13 atom stereocenters. The fourth-order valence-corrected chi connectivity index (χ4v) is 12.1. The molecule has 84 heavy (non-hydrogen) atoms. The predicted molar refractivity (Wildman–Crippen MR) is 286 cm³/mol. The van der Waals surface area contributed by atoms with Gasteiger partial charge in [0.15, 0.2) is 35.3 Å². The Balaban J connectivity index is 1.51. The maximum Gasteiger partial charge on any atom is 0.338 e. The van der Waals surface area contributed by atoms with Crippen molar-refractivity contribution in [2.75, 3.05) is 20.3 Å². The van der Waals surface area contributed by atoms with Gasteiger partial charge in [-0.1, -0.05) is 80.6 Å². The van der Waals surface area contributed by atoms with Crippen LogP contribution in [0.5, 0.6) is 0 Å². The Hall–Kier alpha value is -7.90. The summed E-state index contributed by atoms with van der Waals surface area (Å²) in [5.41, 5.74) is -8.53. The van der Waals surface area contributed by atoms with E-state index in [2.05, 4.69) is 5.32 Å². The second-order valence-corrected chi connectivity index (χ2v) is 21.6. The third-order valence-corrected chi connectivity index (χ3v) is 15.8. The largest absolute Gasteiger partial charge is 0.456 e. The number of aliphatic hydroxyl groups is 1. The molecule has 3 fully saturated rings. The van der Waals surface area contributed by atoms with E-state index >= 15 is 9.59 Å². The van der Waals surface area contributed by atoms with Crippen LogP contribution < -0.4 is 5.32 Å². The number of Topliss-reactive ketones (excluding diaryl/α,β-unsaturated/α-hetero) is 1. The Morgan fingerprint density at radius 3 is 1.76 bits per heavy atom. The van der Waals surface area contributed by atoms with Gasteiger partial charge in [-0.3, -0.25) is 38.4 Å². The van der Waals surface area contributed by atoms with Gasteiger partial charge in [-0.15, -0.1) is 0 Å². The molecule has 1 saturated heterocycles. The maximum absolute atomic E-state index is 16.8. The topological polar surface area (TPSA) is 314 Å². The molecule has 0 spiro atoms. The van der Waals surface area contributed by atoms with E-state index in [1.807, 2.05) is 0 Å². The molecule has 3 aliphatic carbocycles. The van der Waals surface area contributed by atoms with Crippen molar-refractivity contribution in [3.63, 3.8) is 0 Å². The van der Waals surface area contributed by atoms with Crippen molar-refractivity contribution in [1.29, 1.82) is 0 Å². The fourth-order valence-electron chi connectivity index (χ4n) is 12.1. The summed E-state index contributed by atoms with van der Waals surface area (Å²) in [6, 6.07) is 22.1. The number of amides is 1. The van der Waals surface area contributed by atoms with Crippen molar-refractivity contribution in [3.8, 4) is 0 Å². The van der Waals surface area contributed by atoms with E-state index in [1.54, 1.807) is 54.6 Å². The van der Waals surface area contributed by atoms with Crippen LogP contribution in [-0.4, -0.2) is 152 Å². The number of aliphatic hydroxyl groups excluding tert-OH is 1. The van der Waals surface area contributed by atoms with Crippen LogP contribution in [0.3, 0.4) is 0 Å². The van der Waals surface area contributed by atoms with Gasteiger partial charge in [0.1, 0.15) is 18.8 Å². The van der Waals surface area contributed by atoms with E-state index in [1.165, 1.54) is 71.2 Å². The standard InChI is InChI=1S/C60H69NO23/c1-31-41(80-54(72)47(68)46(38-21-15-12-16-22-38)61-52(70)39-23-17-13-18-24-39)28-60(84-37(7)67)51(82-53(71)40-25-19-14-20-26-40)49-58(10,50(69)48(77-33(3)63)45(31)57(60,8)9)42(27-43-59(49,30-75-43)83-36(6)66)81-55(56(78-34(4)64)79-35(5)65)74-29-44(73-11)76-32(2)62/h12-26,41-44,46-49,51,55-56,68H,27-30H2,1-11H3,(H,61,70)/t41-,42-,43+,44?,46-,47+,48+,49-,51-,55-,58+,59-,60+/m0/s1. The number of methoxy groups -OCH3 is 1. The highest BCUT2D eigenvalue weighted by atomic mass is 16.8. The Kier molecular flexibility index (Phi) is 19.7. The molecule has 7 rings (SSSR count). The van der Waals surface area contributed by atoms with Crippen LogP contribution in [-0.2, 0) is 95.2 Å². The highest BCUT2D eigenvalue weighted by Crippen LogP contribution is 2.66. The molecule has 452 valence electrons. The van der Waals surface area contributed by atoms with Gasteiger partial charge in [-0.05, 0) is 54.8 Å². The van der Waals surface area contributed by atoms with Crippen molar-refractivity contribution in [2.24, 2.45) is 16.7 Å². The van der Waals surface area contributed by atoms with Crippen molar-refractivity contribution in [2.45, 2.75) is 155 Å². The molecule has 3 aromatic carbocycles. The van der Waals surface area contributed by atoms with Gasteiger partial charge < -0.3 is 67.3 Å². The summed E-state index contributed by atoms with van der Waals surface area (Å²) in [4.78, 5) is 140. The molecule has 2 saturated carbocycles. The number of hydrogen-bond donors (Lipinski definition) is 2. The summed E-state index contributed by atoms with van der Waals surface area (Å²) < 4.78 is 72.6. The molecule has 0 radical (unpaired) electrons. The molecular weight excluding hydrogens is 1100 g/mol. The summed E-state index contributed by atoms with van der Waals surface area (Å²) in [5.74, 6) is -11.8. The summed E-state index contributed by atoms with van der Waals surface area (Å²) in [5, 5.41) is 14.9. The van der Waals surface area contributed by atoms with E-state index in [0.29, 0.717) is 0 Å². The minimum atomic E-state index is -2.45. The lowest BCUT2D eigenvalue weighted by molar-refractivity contribution is -0.367. The van der Waals surface area contributed by atoms with E-state index in [0.717, 1.165) is 41.5 Å². The third-order valence-electron chi connectivity index (χ3n) is 15.8. The number of carbonyl (C=O) groups excluding carboxylic acids is 10. The molecule has 24 nitrogen and oxygen atoms in total. The van der Waals surface area contributed by atoms with Crippen LogP contribution in [0.2, 0.25) is 0 Å². The molecule has 1 aliphatic heterocycles. The van der Waals surface area contributed by atoms with Gasteiger partial charge in [-0.2, -0.15) is 0 Å². The second-order valence-electron chi connectivity index (χ2n) is 21.6. The van der Waals surface area contributed by atoms with Gasteiger partial charge in [0.2, 0.25) is 12.6 Å². The van der Waals surface area contributed by atoms with Crippen LogP contribution in [0, 0.1) is 16.7 Å². The number of fused-ring (bicyclic) bond motifs is 5. The molecule has 1 unspecified atom stereocenters. The number of hydrogen-bond acceptors (Lipinski definition) is 23. The number of ketones is 1. The lowest BCUT2D eigenvalue weighted by Gasteiger charge is -2.68. The molecule has 0 aromatic heterocycles. The highest BCUT2D eigenvalue weighted by Gasteiger charge is 2.80. The number of carbonyl (C=O) groups is 10. The monoisotopic (exact) mass is 1170 g/mol. The first-order chi connectivity index (χ1) is 39.6. The molecule has 1 heterocycles. The number of ether oxygens (including phenoxy) is 12. The second kappa shape index (κ2) is 25.9. The Morgan fingerprint density at radius 2 is 1.25 bits per heavy atom. The quantitative estimate of drug-likeness (QED) is 0.0634. The summed E-state index contributed by atoms with van der Waals surface area (Å²) in [7, 11) is 1.17. The van der Waals surface area contributed by atoms with E-state index in [9.17, 15) is 43.5 Å². The van der Waals surface area contributed by atoms with Crippen LogP contribution >= 0.6 is 0 Å². The Morgan fingerprint density at radius 1 is 0.690 bits per heavy atom. The lowest BCUT2D eigenvalue weighted by Crippen LogP contribution is -2.82. The number of benzene rings is 3. The minimum Gasteiger partial charge on any atom is -0.456 e. The van der Waals surface area contributed by atoms with E-state index < -0.39 is 175 Å². The minimum absolute atomic E-state index is 0.0256. The zero-order valence-corrected chi connectivity index (χ0v) is 48.3. The first-order valence-electron chi connectivity index (χ1n) is 26.9. The summed E-state index contributed by atoms with van der Waals surface area (Å²) >= 11 is 0. The molecule has 3 aromatic rings. The lowest BCUT2D eigenvalue weighted by atomic mass is 9.44. The van der Waals surface area contributed by atoms with Gasteiger partial charge in [0, 0.05) is 72.5 Å². The average Bonchev–Trinajstić information content (AvgIpc) is 0.697. The molecular formula is C60H69NO23. The molecule has 24 heteroatoms. The third kappa shape index (κ3) is 12.9. The Labute approximate surface area is 483 Å². The highest BCUT2D eigenvalue weighted by molar-refractivity contribution is 5.96. The molecule has 2 bridgehead atoms. The maximum atomic E-state index is 16.8. The van der Waals surface area contributed by atoms with Gasteiger partial charge in [-0.25, -0.2) is 9.59 Å². The van der Waals surface area contributed by atoms with Crippen molar-refractivity contribution < 1.29 is 110 Å². The Bertz CT molecular complexity index is 3000.